The Hall–Kier alpha value is -0.290. The second-order valence-electron chi connectivity index (χ2n) is 4.25. The summed E-state index contributed by atoms with van der Waals surface area (Å²) in [5.41, 5.74) is 1.31. The van der Waals surface area contributed by atoms with Crippen LogP contribution in [0, 0.1) is 0 Å². The van der Waals surface area contributed by atoms with Crippen LogP contribution in [0.2, 0.25) is 0 Å². The van der Waals surface area contributed by atoms with Gasteiger partial charge in [-0.25, -0.2) is 0 Å². The molecule has 0 saturated heterocycles. The molecule has 1 aromatic rings. The summed E-state index contributed by atoms with van der Waals surface area (Å²) in [6.45, 7) is 3.45. The van der Waals surface area contributed by atoms with E-state index in [2.05, 4.69) is 39.1 Å². The summed E-state index contributed by atoms with van der Waals surface area (Å²) in [6.07, 6.45) is 11.9. The summed E-state index contributed by atoms with van der Waals surface area (Å²) >= 11 is 0. The summed E-state index contributed by atoms with van der Waals surface area (Å²) in [4.78, 5) is 0. The molecule has 0 fully saturated rings. The molecular weight excluding hydrogens is 201 g/mol. The van der Waals surface area contributed by atoms with Crippen LogP contribution in [0.1, 0.15) is 51.9 Å². The van der Waals surface area contributed by atoms with Crippen molar-refractivity contribution in [1.29, 1.82) is 0 Å². The maximum Gasteiger partial charge on any atom is 0.0347 e. The summed E-state index contributed by atoms with van der Waals surface area (Å²) in [5, 5.41) is 0. The van der Waals surface area contributed by atoms with Crippen molar-refractivity contribution in [2.24, 2.45) is 0 Å². The van der Waals surface area contributed by atoms with Gasteiger partial charge in [-0.2, -0.15) is 0 Å². The van der Waals surface area contributed by atoms with Gasteiger partial charge in [-0.05, 0) is 18.6 Å². The molecule has 0 saturated carbocycles. The zero-order valence-corrected chi connectivity index (χ0v) is 11.1. The third kappa shape index (κ3) is 5.37. The maximum absolute atomic E-state index is 2.78. The van der Waals surface area contributed by atoms with E-state index in [0.29, 0.717) is 0 Å². The zero-order chi connectivity index (χ0) is 10.9. The van der Waals surface area contributed by atoms with E-state index in [1.54, 1.807) is 0 Å². The zero-order valence-electron chi connectivity index (χ0n) is 9.91. The molecule has 0 aromatic carbocycles. The van der Waals surface area contributed by atoms with E-state index in [1.165, 1.54) is 56.9 Å². The fraction of sp³-hybridized carbons (Fsp3) is 0.692. The first-order valence-electron chi connectivity index (χ1n) is 6.25. The van der Waals surface area contributed by atoms with E-state index in [0.717, 1.165) is 0 Å². The smallest absolute Gasteiger partial charge is 0.0347 e. The summed E-state index contributed by atoms with van der Waals surface area (Å²) in [6, 6.07) is 4.26. The summed E-state index contributed by atoms with van der Waals surface area (Å²) in [7, 11) is 2.78. The Kier molecular flexibility index (Phi) is 6.76. The van der Waals surface area contributed by atoms with E-state index in [4.69, 9.17) is 0 Å². The van der Waals surface area contributed by atoms with Gasteiger partial charge in [0.05, 0.1) is 0 Å². The average Bonchev–Trinajstić information content (AvgIpc) is 2.63. The lowest BCUT2D eigenvalue weighted by Crippen LogP contribution is -2.08. The Morgan fingerprint density at radius 1 is 1.07 bits per heavy atom. The fourth-order valence-corrected chi connectivity index (χ4v) is 2.20. The molecule has 1 rings (SSSR count). The normalized spacial score (nSPS) is 10.8. The van der Waals surface area contributed by atoms with Crippen molar-refractivity contribution in [2.75, 3.05) is 0 Å². The van der Waals surface area contributed by atoms with Crippen molar-refractivity contribution < 1.29 is 0 Å². The molecule has 2 heteroatoms. The predicted octanol–water partition coefficient (Wildman–Crippen LogP) is 3.74. The molecule has 0 amide bonds. The largest absolute Gasteiger partial charge is 0.348 e. The van der Waals surface area contributed by atoms with Crippen molar-refractivity contribution in [3.63, 3.8) is 0 Å². The highest BCUT2D eigenvalue weighted by Gasteiger charge is 1.95. The van der Waals surface area contributed by atoms with Gasteiger partial charge >= 0.3 is 0 Å². The maximum atomic E-state index is 2.78. The SMILES string of the molecule is CCCCCCCCCn1cccc1P. The van der Waals surface area contributed by atoms with Gasteiger partial charge < -0.3 is 4.57 Å². The standard InChI is InChI=1S/C13H24NP/c1-2-3-4-5-6-7-8-11-14-12-9-10-13(14)15/h9-10,12H,2-8,11,15H2,1H3. The molecule has 0 radical (unpaired) electrons. The number of unbranched alkanes of at least 4 members (excludes halogenated alkanes) is 6. The third-order valence-electron chi connectivity index (χ3n) is 2.87. The molecule has 15 heavy (non-hydrogen) atoms. The number of aryl methyl sites for hydroxylation is 1. The molecule has 1 nitrogen and oxygen atoms in total. The first-order valence-corrected chi connectivity index (χ1v) is 6.83. The number of hydrogen-bond acceptors (Lipinski definition) is 0. The highest BCUT2D eigenvalue weighted by molar-refractivity contribution is 7.27. The predicted molar refractivity (Wildman–Crippen MR) is 71.8 cm³/mol. The summed E-state index contributed by atoms with van der Waals surface area (Å²) < 4.78 is 2.32. The van der Waals surface area contributed by atoms with Crippen molar-refractivity contribution in [3.05, 3.63) is 18.3 Å². The molecule has 1 unspecified atom stereocenters. The minimum atomic E-state index is 1.18. The number of hydrogen-bond donors (Lipinski definition) is 0. The van der Waals surface area contributed by atoms with Gasteiger partial charge in [0.25, 0.3) is 0 Å². The lowest BCUT2D eigenvalue weighted by molar-refractivity contribution is 0.555. The minimum Gasteiger partial charge on any atom is -0.348 e. The Labute approximate surface area is 96.5 Å². The van der Waals surface area contributed by atoms with Crippen molar-refractivity contribution in [3.8, 4) is 0 Å². The van der Waals surface area contributed by atoms with Crippen LogP contribution in [-0.4, -0.2) is 4.57 Å². The number of rotatable bonds is 8. The third-order valence-corrected chi connectivity index (χ3v) is 3.39. The van der Waals surface area contributed by atoms with Gasteiger partial charge in [0.2, 0.25) is 0 Å². The summed E-state index contributed by atoms with van der Waals surface area (Å²) in [5.74, 6) is 0. The van der Waals surface area contributed by atoms with E-state index >= 15 is 0 Å². The van der Waals surface area contributed by atoms with E-state index in [-0.39, 0.29) is 0 Å². The molecule has 1 atom stereocenters. The Bertz CT molecular complexity index is 255. The van der Waals surface area contributed by atoms with Crippen molar-refractivity contribution in [1.82, 2.24) is 4.57 Å². The van der Waals surface area contributed by atoms with E-state index < -0.39 is 0 Å². The van der Waals surface area contributed by atoms with Gasteiger partial charge in [-0.3, -0.25) is 0 Å². The van der Waals surface area contributed by atoms with Crippen LogP contribution in [0.15, 0.2) is 18.3 Å². The van der Waals surface area contributed by atoms with Crippen LogP contribution in [0.5, 0.6) is 0 Å². The van der Waals surface area contributed by atoms with Gasteiger partial charge in [-0.1, -0.05) is 54.7 Å². The Morgan fingerprint density at radius 3 is 2.33 bits per heavy atom. The van der Waals surface area contributed by atoms with E-state index in [9.17, 15) is 0 Å². The van der Waals surface area contributed by atoms with Crippen LogP contribution in [0.4, 0.5) is 0 Å². The first-order chi connectivity index (χ1) is 7.34. The van der Waals surface area contributed by atoms with Crippen LogP contribution < -0.4 is 5.44 Å². The molecule has 0 aliphatic carbocycles. The quantitative estimate of drug-likeness (QED) is 0.469. The second-order valence-corrected chi connectivity index (χ2v) is 4.84. The fourth-order valence-electron chi connectivity index (χ4n) is 1.87. The molecule has 0 N–H and O–H groups in total. The van der Waals surface area contributed by atoms with Gasteiger partial charge in [0, 0.05) is 18.2 Å². The second kappa shape index (κ2) is 7.93. The molecule has 1 aromatic heterocycles. The van der Waals surface area contributed by atoms with Crippen LogP contribution in [0.3, 0.4) is 0 Å². The van der Waals surface area contributed by atoms with E-state index in [1.807, 2.05) is 0 Å². The number of aromatic nitrogens is 1. The molecule has 0 bridgehead atoms. The highest BCUT2D eigenvalue weighted by atomic mass is 31.0. The Morgan fingerprint density at radius 2 is 1.73 bits per heavy atom. The van der Waals surface area contributed by atoms with Crippen LogP contribution in [-0.2, 0) is 6.54 Å². The van der Waals surface area contributed by atoms with Crippen LogP contribution in [0.25, 0.3) is 0 Å². The molecule has 86 valence electrons. The molecular formula is C13H24NP. The molecule has 1 heterocycles. The van der Waals surface area contributed by atoms with Gasteiger partial charge in [0.1, 0.15) is 0 Å². The van der Waals surface area contributed by atoms with Gasteiger partial charge in [-0.15, -0.1) is 0 Å². The minimum absolute atomic E-state index is 1.18. The molecule has 0 spiro atoms. The molecule has 0 aliphatic rings. The lowest BCUT2D eigenvalue weighted by Gasteiger charge is -2.05. The van der Waals surface area contributed by atoms with Gasteiger partial charge in [0.15, 0.2) is 0 Å². The monoisotopic (exact) mass is 225 g/mol. The Balaban J connectivity index is 1.96. The number of nitrogens with zero attached hydrogens (tertiary/aromatic N) is 1. The van der Waals surface area contributed by atoms with Crippen molar-refractivity contribution in [2.45, 2.75) is 58.4 Å². The first kappa shape index (κ1) is 12.8. The van der Waals surface area contributed by atoms with Crippen LogP contribution >= 0.6 is 9.24 Å². The average molecular weight is 225 g/mol. The highest BCUT2D eigenvalue weighted by Crippen LogP contribution is 2.07. The topological polar surface area (TPSA) is 4.93 Å². The van der Waals surface area contributed by atoms with Crippen molar-refractivity contribution >= 4 is 14.7 Å². The molecule has 0 aliphatic heterocycles. The lowest BCUT2D eigenvalue weighted by atomic mass is 10.1.